The van der Waals surface area contributed by atoms with Gasteiger partial charge in [-0.15, -0.1) is 0 Å². The van der Waals surface area contributed by atoms with Crippen LogP contribution >= 0.6 is 0 Å². The maximum absolute atomic E-state index is 13.2. The van der Waals surface area contributed by atoms with Gasteiger partial charge in [0.25, 0.3) is 17.4 Å². The number of hydrogen-bond donors (Lipinski definition) is 1. The summed E-state index contributed by atoms with van der Waals surface area (Å²) in [6.07, 6.45) is 17.2. The number of Topliss-reactive ketones (excluding diaryl/α,β-unsaturated/α-hetero) is 1. The highest BCUT2D eigenvalue weighted by atomic mass is 16.6. The third-order valence-electron chi connectivity index (χ3n) is 8.08. The molecule has 0 saturated carbocycles. The molecule has 228 valence electrons. The lowest BCUT2D eigenvalue weighted by Crippen LogP contribution is -2.30. The van der Waals surface area contributed by atoms with E-state index in [0.717, 1.165) is 25.7 Å². The summed E-state index contributed by atoms with van der Waals surface area (Å²) >= 11 is 0. The SMILES string of the molecule is CCCCCCCCCCCCCCCCN1C(=O)C(=O)C(=C(O)c2ccc([N+](=O)[O-])cc2)[C@@H]1c1ccc(OC)cc1. The van der Waals surface area contributed by atoms with Crippen LogP contribution in [0.1, 0.15) is 114 Å². The zero-order valence-electron chi connectivity index (χ0n) is 25.2. The number of nitrogens with zero attached hydrogens (tertiary/aromatic N) is 2. The summed E-state index contributed by atoms with van der Waals surface area (Å²) in [6.45, 7) is 2.65. The van der Waals surface area contributed by atoms with Gasteiger partial charge in [0, 0.05) is 24.2 Å². The number of hydrogen-bond acceptors (Lipinski definition) is 6. The first-order valence-electron chi connectivity index (χ1n) is 15.6. The lowest BCUT2D eigenvalue weighted by Gasteiger charge is -2.25. The number of unbranched alkanes of at least 4 members (excludes halogenated alkanes) is 13. The zero-order chi connectivity index (χ0) is 30.3. The molecular weight excluding hydrogens is 532 g/mol. The molecule has 1 aliphatic heterocycles. The molecule has 42 heavy (non-hydrogen) atoms. The van der Waals surface area contributed by atoms with Crippen molar-refractivity contribution < 1.29 is 24.4 Å². The van der Waals surface area contributed by atoms with Crippen molar-refractivity contribution in [2.24, 2.45) is 0 Å². The van der Waals surface area contributed by atoms with E-state index in [4.69, 9.17) is 4.74 Å². The standard InChI is InChI=1S/C34H46N2O6/c1-3-4-5-6-7-8-9-10-11-12-13-14-15-16-25-35-31(26-19-23-29(42-2)24-20-26)30(33(38)34(35)39)32(37)27-17-21-28(22-18-27)36(40)41/h17-24,31,37H,3-16,25H2,1-2H3/t31-/m0/s1. The monoisotopic (exact) mass is 578 g/mol. The van der Waals surface area contributed by atoms with Crippen LogP contribution in [-0.4, -0.2) is 40.3 Å². The number of rotatable bonds is 19. The van der Waals surface area contributed by atoms with Gasteiger partial charge in [0.1, 0.15) is 11.5 Å². The van der Waals surface area contributed by atoms with Crippen LogP contribution in [0.3, 0.4) is 0 Å². The Kier molecular flexibility index (Phi) is 13.5. The minimum atomic E-state index is -0.756. The van der Waals surface area contributed by atoms with Crippen molar-refractivity contribution >= 4 is 23.1 Å². The van der Waals surface area contributed by atoms with E-state index in [-0.39, 0.29) is 22.6 Å². The first-order chi connectivity index (χ1) is 20.4. The number of amides is 1. The van der Waals surface area contributed by atoms with E-state index >= 15 is 0 Å². The molecule has 0 bridgehead atoms. The van der Waals surface area contributed by atoms with Crippen molar-refractivity contribution in [3.63, 3.8) is 0 Å². The molecular formula is C34H46N2O6. The van der Waals surface area contributed by atoms with Gasteiger partial charge in [-0.25, -0.2) is 0 Å². The highest BCUT2D eigenvalue weighted by Crippen LogP contribution is 2.40. The molecule has 1 aliphatic rings. The maximum atomic E-state index is 13.2. The van der Waals surface area contributed by atoms with E-state index in [2.05, 4.69) is 6.92 Å². The molecule has 8 heteroatoms. The average molecular weight is 579 g/mol. The van der Waals surface area contributed by atoms with E-state index in [1.807, 2.05) is 0 Å². The number of aliphatic hydroxyl groups is 1. The maximum Gasteiger partial charge on any atom is 0.295 e. The zero-order valence-corrected chi connectivity index (χ0v) is 25.2. The van der Waals surface area contributed by atoms with Gasteiger partial charge < -0.3 is 14.7 Å². The average Bonchev–Trinajstić information content (AvgIpc) is 3.26. The molecule has 2 aromatic carbocycles. The first-order valence-corrected chi connectivity index (χ1v) is 15.6. The molecule has 0 radical (unpaired) electrons. The summed E-state index contributed by atoms with van der Waals surface area (Å²) in [5.41, 5.74) is 0.790. The molecule has 1 N–H and O–H groups in total. The molecule has 1 fully saturated rings. The number of methoxy groups -OCH3 is 1. The Bertz CT molecular complexity index is 1190. The summed E-state index contributed by atoms with van der Waals surface area (Å²) in [7, 11) is 1.56. The van der Waals surface area contributed by atoms with E-state index in [9.17, 15) is 24.8 Å². The van der Waals surface area contributed by atoms with E-state index in [1.165, 1.54) is 88.5 Å². The van der Waals surface area contributed by atoms with Crippen LogP contribution in [0.2, 0.25) is 0 Å². The number of carbonyl (C=O) groups is 2. The summed E-state index contributed by atoms with van der Waals surface area (Å²) in [5, 5.41) is 22.2. The Morgan fingerprint density at radius 3 is 1.79 bits per heavy atom. The summed E-state index contributed by atoms with van der Waals surface area (Å²) < 4.78 is 5.27. The molecule has 0 aromatic heterocycles. The molecule has 1 heterocycles. The number of nitro groups is 1. The van der Waals surface area contributed by atoms with Gasteiger partial charge in [0.2, 0.25) is 0 Å². The smallest absolute Gasteiger partial charge is 0.295 e. The van der Waals surface area contributed by atoms with Crippen LogP contribution in [0.5, 0.6) is 5.75 Å². The Hall–Kier alpha value is -3.68. The number of ether oxygens (including phenoxy) is 1. The topological polar surface area (TPSA) is 110 Å². The van der Waals surface area contributed by atoms with Crippen molar-refractivity contribution in [2.45, 2.75) is 103 Å². The summed E-state index contributed by atoms with van der Waals surface area (Å²) in [5.74, 6) is -1.10. The predicted octanol–water partition coefficient (Wildman–Crippen LogP) is 8.51. The molecule has 1 atom stereocenters. The van der Waals surface area contributed by atoms with Crippen molar-refractivity contribution in [1.82, 2.24) is 4.90 Å². The van der Waals surface area contributed by atoms with Crippen molar-refractivity contribution in [2.75, 3.05) is 13.7 Å². The molecule has 8 nitrogen and oxygen atoms in total. The van der Waals surface area contributed by atoms with Crippen LogP contribution in [-0.2, 0) is 9.59 Å². The largest absolute Gasteiger partial charge is 0.507 e. The number of benzene rings is 2. The molecule has 0 aliphatic carbocycles. The normalized spacial score (nSPS) is 16.2. The Balaban J connectivity index is 1.59. The second kappa shape index (κ2) is 17.3. The van der Waals surface area contributed by atoms with E-state index in [1.54, 1.807) is 36.3 Å². The van der Waals surface area contributed by atoms with E-state index in [0.29, 0.717) is 17.9 Å². The van der Waals surface area contributed by atoms with E-state index < -0.39 is 22.7 Å². The number of carbonyl (C=O) groups excluding carboxylic acids is 2. The quantitative estimate of drug-likeness (QED) is 0.0447. The van der Waals surface area contributed by atoms with Crippen LogP contribution in [0, 0.1) is 10.1 Å². The van der Waals surface area contributed by atoms with Crippen molar-refractivity contribution in [3.8, 4) is 5.75 Å². The number of non-ortho nitro benzene ring substituents is 1. The fourth-order valence-corrected chi connectivity index (χ4v) is 5.62. The van der Waals surface area contributed by atoms with Gasteiger partial charge in [-0.1, -0.05) is 103 Å². The fraction of sp³-hybridized carbons (Fsp3) is 0.529. The predicted molar refractivity (Wildman–Crippen MR) is 165 cm³/mol. The lowest BCUT2D eigenvalue weighted by molar-refractivity contribution is -0.384. The minimum Gasteiger partial charge on any atom is -0.507 e. The van der Waals surface area contributed by atoms with Gasteiger partial charge in [-0.3, -0.25) is 19.7 Å². The van der Waals surface area contributed by atoms with Crippen LogP contribution in [0.15, 0.2) is 54.1 Å². The minimum absolute atomic E-state index is 0.00983. The molecule has 3 rings (SSSR count). The first kappa shape index (κ1) is 32.8. The fourth-order valence-electron chi connectivity index (χ4n) is 5.62. The number of likely N-dealkylation sites (tertiary alicyclic amines) is 1. The van der Waals surface area contributed by atoms with Crippen molar-refractivity contribution in [1.29, 1.82) is 0 Å². The van der Waals surface area contributed by atoms with Gasteiger partial charge >= 0.3 is 0 Å². The lowest BCUT2D eigenvalue weighted by atomic mass is 9.95. The van der Waals surface area contributed by atoms with Crippen molar-refractivity contribution in [3.05, 3.63) is 75.3 Å². The highest BCUT2D eigenvalue weighted by Gasteiger charge is 2.45. The Morgan fingerprint density at radius 2 is 1.31 bits per heavy atom. The van der Waals surface area contributed by atoms with Crippen LogP contribution in [0.4, 0.5) is 5.69 Å². The molecule has 0 spiro atoms. The van der Waals surface area contributed by atoms with Gasteiger partial charge in [0.15, 0.2) is 0 Å². The Morgan fingerprint density at radius 1 is 0.810 bits per heavy atom. The summed E-state index contributed by atoms with van der Waals surface area (Å²) in [4.78, 5) is 38.5. The number of nitro benzene ring substituents is 1. The third-order valence-corrected chi connectivity index (χ3v) is 8.08. The van der Waals surface area contributed by atoms with Crippen LogP contribution in [0.25, 0.3) is 5.76 Å². The molecule has 1 saturated heterocycles. The Labute approximate surface area is 249 Å². The number of ketones is 1. The second-order valence-electron chi connectivity index (χ2n) is 11.2. The number of aliphatic hydroxyl groups excluding tert-OH is 1. The highest BCUT2D eigenvalue weighted by molar-refractivity contribution is 6.46. The van der Waals surface area contributed by atoms with Gasteiger partial charge in [0.05, 0.1) is 23.6 Å². The van der Waals surface area contributed by atoms with Gasteiger partial charge in [-0.05, 0) is 36.2 Å². The molecule has 0 unspecified atom stereocenters. The molecule has 2 aromatic rings. The second-order valence-corrected chi connectivity index (χ2v) is 11.2. The van der Waals surface area contributed by atoms with Gasteiger partial charge in [-0.2, -0.15) is 0 Å². The molecule has 1 amide bonds. The third kappa shape index (κ3) is 9.16. The van der Waals surface area contributed by atoms with Crippen LogP contribution < -0.4 is 4.74 Å². The summed E-state index contributed by atoms with van der Waals surface area (Å²) in [6, 6.07) is 11.6.